The minimum absolute atomic E-state index is 0.182. The predicted molar refractivity (Wildman–Crippen MR) is 73.9 cm³/mol. The zero-order valence-electron chi connectivity index (χ0n) is 8.14. The van der Waals surface area contributed by atoms with Gasteiger partial charge in [0.15, 0.2) is 0 Å². The van der Waals surface area contributed by atoms with Crippen LogP contribution in [0.2, 0.25) is 0 Å². The summed E-state index contributed by atoms with van der Waals surface area (Å²) in [5, 5.41) is 1.39. The second kappa shape index (κ2) is 4.49. The molecule has 6 heteroatoms. The first-order chi connectivity index (χ1) is 6.59. The third-order valence-electron chi connectivity index (χ3n) is 1.82. The summed E-state index contributed by atoms with van der Waals surface area (Å²) in [5.41, 5.74) is 0.182. The summed E-state index contributed by atoms with van der Waals surface area (Å²) >= 11 is 0. The van der Waals surface area contributed by atoms with Crippen LogP contribution in [0.15, 0.2) is 22.2 Å². The van der Waals surface area contributed by atoms with Crippen LogP contribution in [0.25, 0.3) is 0 Å². The smallest absolute Gasteiger partial charge is 0.102 e. The average Bonchev–Trinajstić information content (AvgIpc) is 2.36. The molecule has 0 radical (unpaired) electrons. The summed E-state index contributed by atoms with van der Waals surface area (Å²) in [6, 6.07) is 2.22. The van der Waals surface area contributed by atoms with Crippen molar-refractivity contribution in [1.82, 2.24) is 4.57 Å². The van der Waals surface area contributed by atoms with Crippen molar-refractivity contribution in [1.29, 1.82) is 0 Å². The molecule has 0 spiro atoms. The van der Waals surface area contributed by atoms with E-state index >= 15 is 0 Å². The van der Waals surface area contributed by atoms with E-state index in [1.54, 1.807) is 0 Å². The van der Waals surface area contributed by atoms with E-state index in [1.807, 2.05) is 51.1 Å². The van der Waals surface area contributed by atoms with Gasteiger partial charge in [0.25, 0.3) is 0 Å². The molecule has 0 N–H and O–H groups in total. The predicted octanol–water partition coefficient (Wildman–Crippen LogP) is 5.30. The van der Waals surface area contributed by atoms with Crippen LogP contribution < -0.4 is 0 Å². The van der Waals surface area contributed by atoms with E-state index in [0.717, 1.165) is 0 Å². The lowest BCUT2D eigenvalue weighted by Gasteiger charge is -2.23. The molecule has 2 heterocycles. The fraction of sp³-hybridized carbons (Fsp3) is 0.500. The first-order valence-corrected chi connectivity index (χ1v) is 10.3. The van der Waals surface area contributed by atoms with E-state index in [4.69, 9.17) is 0 Å². The third kappa shape index (κ3) is 2.40. The summed E-state index contributed by atoms with van der Waals surface area (Å²) in [7, 11) is 9.27. The Morgan fingerprint density at radius 1 is 1.07 bits per heavy atom. The Morgan fingerprint density at radius 3 is 2.50 bits per heavy atom. The van der Waals surface area contributed by atoms with Crippen molar-refractivity contribution < 1.29 is 0 Å². The lowest BCUT2D eigenvalue weighted by atomic mass is 10.1. The fourth-order valence-corrected chi connectivity index (χ4v) is 10.3. The van der Waals surface area contributed by atoms with Crippen LogP contribution in [0, 0.1) is 0 Å². The van der Waals surface area contributed by atoms with Gasteiger partial charge in [0, 0.05) is 11.7 Å². The molecule has 0 unspecified atom stereocenters. The van der Waals surface area contributed by atoms with Gasteiger partial charge in [-0.15, -0.1) is 0 Å². The highest BCUT2D eigenvalue weighted by Crippen LogP contribution is 2.59. The molecule has 0 saturated heterocycles. The Kier molecular flexibility index (Phi) is 3.69. The Hall–Kier alpha value is 1.03. The van der Waals surface area contributed by atoms with Crippen molar-refractivity contribution in [2.75, 3.05) is 0 Å². The number of hydrogen-bond donors (Lipinski definition) is 0. The molecule has 0 aromatic carbocycles. The average molecular weight is 282 g/mol. The van der Waals surface area contributed by atoms with E-state index in [1.165, 1.54) is 9.92 Å². The molecule has 1 aliphatic heterocycles. The molecule has 1 aromatic rings. The van der Waals surface area contributed by atoms with Crippen LogP contribution in [0.4, 0.5) is 0 Å². The summed E-state index contributed by atoms with van der Waals surface area (Å²) in [4.78, 5) is 1.40. The molecule has 1 aromatic heterocycles. The van der Waals surface area contributed by atoms with Gasteiger partial charge in [-0.1, -0.05) is 0 Å². The zero-order chi connectivity index (χ0) is 10.2. The van der Waals surface area contributed by atoms with Gasteiger partial charge in [-0.25, -0.2) is 0 Å². The van der Waals surface area contributed by atoms with Crippen molar-refractivity contribution in [3.63, 3.8) is 0 Å². The maximum Gasteiger partial charge on any atom is 0.102 e. The highest BCUT2D eigenvalue weighted by Gasteiger charge is 2.22. The summed E-state index contributed by atoms with van der Waals surface area (Å²) in [6.07, 6.45) is 2.20. The Bertz CT molecular complexity index is 327. The minimum atomic E-state index is 0.182. The lowest BCUT2D eigenvalue weighted by molar-refractivity contribution is 0.370. The van der Waals surface area contributed by atoms with Crippen LogP contribution in [-0.4, -0.2) is 4.57 Å². The van der Waals surface area contributed by atoms with Crippen LogP contribution in [0.3, 0.4) is 0 Å². The molecular formula is C8H11NS5. The number of hydrogen-bond acceptors (Lipinski definition) is 5. The van der Waals surface area contributed by atoms with E-state index in [2.05, 4.69) is 37.6 Å². The maximum atomic E-state index is 2.36. The minimum Gasteiger partial charge on any atom is -0.336 e. The summed E-state index contributed by atoms with van der Waals surface area (Å²) in [5.74, 6) is 0. The van der Waals surface area contributed by atoms with Gasteiger partial charge < -0.3 is 4.57 Å². The second-order valence-electron chi connectivity index (χ2n) is 3.90. The maximum absolute atomic E-state index is 2.36. The van der Waals surface area contributed by atoms with E-state index < -0.39 is 0 Å². The van der Waals surface area contributed by atoms with E-state index in [0.29, 0.717) is 0 Å². The van der Waals surface area contributed by atoms with Crippen molar-refractivity contribution in [3.8, 4) is 0 Å². The molecule has 78 valence electrons. The van der Waals surface area contributed by atoms with Crippen molar-refractivity contribution in [2.24, 2.45) is 0 Å². The van der Waals surface area contributed by atoms with Gasteiger partial charge in [-0.05, 0) is 77.9 Å². The van der Waals surface area contributed by atoms with Crippen LogP contribution in [0.5, 0.6) is 0 Å². The Balaban J connectivity index is 2.39. The standard InChI is InChI=1S/C8H11NS5/c1-8(2,3)9-5-4-6-7(9)11-13-14-12-10-6/h4-5H,1-3H3. The molecule has 2 rings (SSSR count). The number of rotatable bonds is 0. The number of nitrogens with zero attached hydrogens (tertiary/aromatic N) is 1. The molecule has 1 aliphatic rings. The van der Waals surface area contributed by atoms with Crippen molar-refractivity contribution in [2.45, 2.75) is 36.2 Å². The molecule has 0 saturated carbocycles. The highest BCUT2D eigenvalue weighted by atomic mass is 33.8. The summed E-state index contributed by atoms with van der Waals surface area (Å²) < 4.78 is 2.36. The Morgan fingerprint density at radius 2 is 1.79 bits per heavy atom. The second-order valence-corrected chi connectivity index (χ2v) is 11.4. The molecule has 0 fully saturated rings. The van der Waals surface area contributed by atoms with Gasteiger partial charge in [0.1, 0.15) is 5.03 Å². The van der Waals surface area contributed by atoms with Crippen LogP contribution in [0.1, 0.15) is 20.8 Å². The van der Waals surface area contributed by atoms with Gasteiger partial charge in [0.05, 0.1) is 4.90 Å². The van der Waals surface area contributed by atoms with E-state index in [-0.39, 0.29) is 5.54 Å². The summed E-state index contributed by atoms with van der Waals surface area (Å²) in [6.45, 7) is 6.73. The van der Waals surface area contributed by atoms with Gasteiger partial charge in [0.2, 0.25) is 0 Å². The largest absolute Gasteiger partial charge is 0.336 e. The molecule has 14 heavy (non-hydrogen) atoms. The highest BCUT2D eigenvalue weighted by molar-refractivity contribution is 9.36. The molecular weight excluding hydrogens is 270 g/mol. The Labute approximate surface area is 104 Å². The van der Waals surface area contributed by atoms with Gasteiger partial charge in [-0.2, -0.15) is 0 Å². The molecule has 1 nitrogen and oxygen atoms in total. The SMILES string of the molecule is CC(C)(C)n1ccc2c1SSSSS2. The van der Waals surface area contributed by atoms with Crippen molar-refractivity contribution >= 4 is 51.1 Å². The molecule has 0 atom stereocenters. The first-order valence-electron chi connectivity index (χ1n) is 4.15. The van der Waals surface area contributed by atoms with Crippen LogP contribution >= 0.6 is 51.1 Å². The number of fused-ring (bicyclic) bond motifs is 1. The first kappa shape index (κ1) is 11.5. The zero-order valence-corrected chi connectivity index (χ0v) is 12.2. The lowest BCUT2D eigenvalue weighted by Crippen LogP contribution is -2.21. The van der Waals surface area contributed by atoms with E-state index in [9.17, 15) is 0 Å². The number of aromatic nitrogens is 1. The van der Waals surface area contributed by atoms with Gasteiger partial charge in [-0.3, -0.25) is 0 Å². The monoisotopic (exact) mass is 281 g/mol. The topological polar surface area (TPSA) is 4.93 Å². The molecule has 0 bridgehead atoms. The van der Waals surface area contributed by atoms with Crippen molar-refractivity contribution in [3.05, 3.63) is 12.3 Å². The quantitative estimate of drug-likeness (QED) is 0.593. The van der Waals surface area contributed by atoms with Gasteiger partial charge >= 0.3 is 0 Å². The fourth-order valence-electron chi connectivity index (χ4n) is 1.18. The van der Waals surface area contributed by atoms with Crippen LogP contribution in [-0.2, 0) is 5.54 Å². The third-order valence-corrected chi connectivity index (χ3v) is 10.3. The molecule has 0 aliphatic carbocycles. The molecule has 0 amide bonds. The normalized spacial score (nSPS) is 17.6.